The van der Waals surface area contributed by atoms with Crippen LogP contribution < -0.4 is 5.73 Å². The maximum atomic E-state index is 11.6. The Hall–Kier alpha value is -2.04. The van der Waals surface area contributed by atoms with Gasteiger partial charge in [-0.1, -0.05) is 6.07 Å². The highest BCUT2D eigenvalue weighted by atomic mass is 16.4. The van der Waals surface area contributed by atoms with Crippen LogP contribution >= 0.6 is 0 Å². The number of nitrogen functional groups attached to an aromatic ring is 1. The van der Waals surface area contributed by atoms with Crippen LogP contribution in [0.3, 0.4) is 0 Å². The minimum atomic E-state index is -0.946. The Bertz CT molecular complexity index is 394. The Kier molecular flexibility index (Phi) is 3.88. The molecule has 0 radical (unpaired) electrons. The van der Waals surface area contributed by atoms with Crippen molar-refractivity contribution in [2.75, 3.05) is 5.73 Å². The molecule has 0 atom stereocenters. The molecule has 16 heavy (non-hydrogen) atoms. The molecule has 0 heterocycles. The first-order chi connectivity index (χ1) is 7.52. The number of nitrogens with two attached hydrogens (primary N) is 1. The fourth-order valence-corrected chi connectivity index (χ4v) is 1.39. The first-order valence-corrected chi connectivity index (χ1v) is 4.85. The number of Topliss-reactive ketones (excluding diaryl/α,β-unsaturated/α-hetero) is 1. The van der Waals surface area contributed by atoms with E-state index >= 15 is 0 Å². The van der Waals surface area contributed by atoms with Crippen LogP contribution in [0, 0.1) is 0 Å². The number of phenols is 1. The van der Waals surface area contributed by atoms with Crippen molar-refractivity contribution in [2.24, 2.45) is 0 Å². The largest absolute Gasteiger partial charge is 0.507 e. The molecule has 4 N–H and O–H groups in total. The zero-order chi connectivity index (χ0) is 12.1. The zero-order valence-corrected chi connectivity index (χ0v) is 8.64. The summed E-state index contributed by atoms with van der Waals surface area (Å²) in [5.41, 5.74) is 5.84. The Morgan fingerprint density at radius 2 is 1.94 bits per heavy atom. The van der Waals surface area contributed by atoms with Crippen LogP contribution in [0.1, 0.15) is 29.6 Å². The summed E-state index contributed by atoms with van der Waals surface area (Å²) in [7, 11) is 0. The molecule has 0 unspecified atom stereocenters. The summed E-state index contributed by atoms with van der Waals surface area (Å²) in [5.74, 6) is -1.45. The number of carboxylic acid groups (broad SMARTS) is 1. The smallest absolute Gasteiger partial charge is 0.303 e. The fraction of sp³-hybridized carbons (Fsp3) is 0.273. The number of aromatic hydroxyl groups is 1. The molecule has 86 valence electrons. The van der Waals surface area contributed by atoms with E-state index in [1.165, 1.54) is 12.1 Å². The van der Waals surface area contributed by atoms with Crippen LogP contribution in [0.15, 0.2) is 18.2 Å². The minimum Gasteiger partial charge on any atom is -0.507 e. The average molecular weight is 223 g/mol. The molecule has 0 aliphatic carbocycles. The summed E-state index contributed by atoms with van der Waals surface area (Å²) in [4.78, 5) is 21.9. The molecule has 5 nitrogen and oxygen atoms in total. The van der Waals surface area contributed by atoms with Crippen molar-refractivity contribution in [3.63, 3.8) is 0 Å². The molecule has 0 spiro atoms. The second-order valence-corrected chi connectivity index (χ2v) is 3.41. The van der Waals surface area contributed by atoms with Gasteiger partial charge in [-0.25, -0.2) is 0 Å². The van der Waals surface area contributed by atoms with Gasteiger partial charge in [0.1, 0.15) is 5.75 Å². The molecule has 0 fully saturated rings. The number of carboxylic acids is 1. The van der Waals surface area contributed by atoms with E-state index in [1.54, 1.807) is 6.07 Å². The molecule has 0 aliphatic rings. The highest BCUT2D eigenvalue weighted by Gasteiger charge is 2.14. The van der Waals surface area contributed by atoms with E-state index in [0.717, 1.165) is 0 Å². The Morgan fingerprint density at radius 1 is 1.25 bits per heavy atom. The van der Waals surface area contributed by atoms with Gasteiger partial charge in [0.2, 0.25) is 0 Å². The van der Waals surface area contributed by atoms with Gasteiger partial charge in [-0.05, 0) is 18.6 Å². The van der Waals surface area contributed by atoms with Crippen molar-refractivity contribution in [3.8, 4) is 5.75 Å². The van der Waals surface area contributed by atoms with E-state index < -0.39 is 5.97 Å². The fourth-order valence-electron chi connectivity index (χ4n) is 1.39. The first-order valence-electron chi connectivity index (χ1n) is 4.85. The number of rotatable bonds is 5. The third-order valence-electron chi connectivity index (χ3n) is 2.15. The number of anilines is 1. The number of ketones is 1. The third-order valence-corrected chi connectivity index (χ3v) is 2.15. The average Bonchev–Trinajstić information content (AvgIpc) is 2.16. The van der Waals surface area contributed by atoms with E-state index in [2.05, 4.69) is 0 Å². The van der Waals surface area contributed by atoms with Crippen LogP contribution in [0.25, 0.3) is 0 Å². The van der Waals surface area contributed by atoms with Crippen LogP contribution in [0.5, 0.6) is 5.75 Å². The Labute approximate surface area is 92.5 Å². The lowest BCUT2D eigenvalue weighted by Gasteiger charge is -2.06. The van der Waals surface area contributed by atoms with E-state index in [9.17, 15) is 14.7 Å². The van der Waals surface area contributed by atoms with E-state index in [-0.39, 0.29) is 42.0 Å². The van der Waals surface area contributed by atoms with Gasteiger partial charge in [0.25, 0.3) is 0 Å². The third kappa shape index (κ3) is 2.98. The van der Waals surface area contributed by atoms with Crippen molar-refractivity contribution in [2.45, 2.75) is 19.3 Å². The van der Waals surface area contributed by atoms with Gasteiger partial charge in [-0.2, -0.15) is 0 Å². The lowest BCUT2D eigenvalue weighted by atomic mass is 10.0. The molecule has 0 bridgehead atoms. The van der Waals surface area contributed by atoms with Gasteiger partial charge in [0, 0.05) is 18.5 Å². The van der Waals surface area contributed by atoms with Crippen molar-refractivity contribution < 1.29 is 19.8 Å². The summed E-state index contributed by atoms with van der Waals surface area (Å²) >= 11 is 0. The number of carbonyl (C=O) groups excluding carboxylic acids is 1. The lowest BCUT2D eigenvalue weighted by molar-refractivity contribution is -0.137. The zero-order valence-electron chi connectivity index (χ0n) is 8.64. The minimum absolute atomic E-state index is 0.0636. The highest BCUT2D eigenvalue weighted by Crippen LogP contribution is 2.24. The van der Waals surface area contributed by atoms with Crippen LogP contribution in [-0.4, -0.2) is 22.0 Å². The Morgan fingerprint density at radius 3 is 2.50 bits per heavy atom. The van der Waals surface area contributed by atoms with Crippen LogP contribution in [0.4, 0.5) is 5.69 Å². The number of hydrogen-bond acceptors (Lipinski definition) is 4. The van der Waals surface area contributed by atoms with Crippen molar-refractivity contribution >= 4 is 17.4 Å². The first kappa shape index (κ1) is 12.0. The Balaban J connectivity index is 2.70. The van der Waals surface area contributed by atoms with Crippen molar-refractivity contribution in [3.05, 3.63) is 23.8 Å². The second-order valence-electron chi connectivity index (χ2n) is 3.41. The summed E-state index contributed by atoms with van der Waals surface area (Å²) in [6.45, 7) is 0. The molecular weight excluding hydrogens is 210 g/mol. The predicted octanol–water partition coefficient (Wildman–Crippen LogP) is 1.41. The van der Waals surface area contributed by atoms with Crippen molar-refractivity contribution in [1.29, 1.82) is 0 Å². The molecule has 0 saturated carbocycles. The van der Waals surface area contributed by atoms with Crippen LogP contribution in [0.2, 0.25) is 0 Å². The molecule has 1 aromatic rings. The number of phenolic OH excluding ortho intramolecular Hbond substituents is 1. The summed E-state index contributed by atoms with van der Waals surface area (Å²) < 4.78 is 0. The van der Waals surface area contributed by atoms with Gasteiger partial charge in [0.05, 0.1) is 5.56 Å². The topological polar surface area (TPSA) is 101 Å². The highest BCUT2D eigenvalue weighted by molar-refractivity contribution is 6.03. The standard InChI is InChI=1S/C11H13NO4/c12-7-3-1-4-8(13)11(7)9(14)5-2-6-10(15)16/h1,3-4,13H,2,5-6,12H2,(H,15,16). The predicted molar refractivity (Wildman–Crippen MR) is 58.3 cm³/mol. The molecule has 0 saturated heterocycles. The van der Waals surface area contributed by atoms with Gasteiger partial charge in [-0.15, -0.1) is 0 Å². The molecule has 5 heteroatoms. The van der Waals surface area contributed by atoms with E-state index in [4.69, 9.17) is 10.8 Å². The number of hydrogen-bond donors (Lipinski definition) is 3. The van der Waals surface area contributed by atoms with Gasteiger partial charge < -0.3 is 15.9 Å². The quantitative estimate of drug-likeness (QED) is 0.517. The molecule has 0 amide bonds. The molecular formula is C11H13NO4. The SMILES string of the molecule is Nc1cccc(O)c1C(=O)CCCC(=O)O. The van der Waals surface area contributed by atoms with E-state index in [0.29, 0.717) is 0 Å². The molecule has 0 aromatic heterocycles. The van der Waals surface area contributed by atoms with Gasteiger partial charge >= 0.3 is 5.97 Å². The molecule has 1 aromatic carbocycles. The summed E-state index contributed by atoms with van der Waals surface area (Å²) in [5, 5.41) is 17.9. The van der Waals surface area contributed by atoms with Crippen LogP contribution in [-0.2, 0) is 4.79 Å². The summed E-state index contributed by atoms with van der Waals surface area (Å²) in [6.07, 6.45) is 0.231. The monoisotopic (exact) mass is 223 g/mol. The normalized spacial score (nSPS) is 10.0. The number of aliphatic carboxylic acids is 1. The second kappa shape index (κ2) is 5.16. The van der Waals surface area contributed by atoms with Gasteiger partial charge in [-0.3, -0.25) is 9.59 Å². The van der Waals surface area contributed by atoms with Gasteiger partial charge in [0.15, 0.2) is 5.78 Å². The number of benzene rings is 1. The maximum absolute atomic E-state index is 11.6. The summed E-state index contributed by atoms with van der Waals surface area (Å²) in [6, 6.07) is 4.43. The van der Waals surface area contributed by atoms with Crippen molar-refractivity contribution in [1.82, 2.24) is 0 Å². The molecule has 0 aliphatic heterocycles. The number of carbonyl (C=O) groups is 2. The lowest BCUT2D eigenvalue weighted by Crippen LogP contribution is -2.05. The molecule has 1 rings (SSSR count). The van der Waals surface area contributed by atoms with E-state index in [1.807, 2.05) is 0 Å². The maximum Gasteiger partial charge on any atom is 0.303 e.